The molecule has 0 aliphatic heterocycles. The highest BCUT2D eigenvalue weighted by Gasteiger charge is 2.20. The molecular formula is C11H12ClNOS. The topological polar surface area (TPSA) is 35.2 Å². The van der Waals surface area contributed by atoms with Crippen LogP contribution < -0.4 is 10.5 Å². The Morgan fingerprint density at radius 1 is 1.47 bits per heavy atom. The van der Waals surface area contributed by atoms with Crippen molar-refractivity contribution in [3.63, 3.8) is 0 Å². The van der Waals surface area contributed by atoms with Crippen molar-refractivity contribution < 1.29 is 4.74 Å². The first-order chi connectivity index (χ1) is 7.16. The summed E-state index contributed by atoms with van der Waals surface area (Å²) < 4.78 is 5.77. The highest BCUT2D eigenvalue weighted by molar-refractivity contribution is 7.80. The maximum absolute atomic E-state index is 5.87. The number of rotatable bonds is 3. The van der Waals surface area contributed by atoms with E-state index in [0.717, 1.165) is 24.2 Å². The van der Waals surface area contributed by atoms with Crippen molar-refractivity contribution in [2.24, 2.45) is 5.73 Å². The number of hydrogen-bond donors (Lipinski definition) is 1. The van der Waals surface area contributed by atoms with E-state index in [1.807, 2.05) is 6.07 Å². The van der Waals surface area contributed by atoms with Gasteiger partial charge in [-0.1, -0.05) is 23.8 Å². The van der Waals surface area contributed by atoms with Crippen LogP contribution in [0.1, 0.15) is 24.8 Å². The maximum atomic E-state index is 5.87. The molecule has 0 amide bonds. The van der Waals surface area contributed by atoms with Crippen molar-refractivity contribution in [3.05, 3.63) is 28.8 Å². The lowest BCUT2D eigenvalue weighted by atomic mass is 9.96. The molecule has 1 saturated carbocycles. The van der Waals surface area contributed by atoms with E-state index in [2.05, 4.69) is 0 Å². The molecule has 0 aromatic heterocycles. The average molecular weight is 242 g/mol. The second-order valence-corrected chi connectivity index (χ2v) is 4.55. The molecular weight excluding hydrogens is 230 g/mol. The molecule has 1 fully saturated rings. The van der Waals surface area contributed by atoms with Crippen molar-refractivity contribution in [2.75, 3.05) is 0 Å². The van der Waals surface area contributed by atoms with Crippen LogP contribution in [0.3, 0.4) is 0 Å². The van der Waals surface area contributed by atoms with Crippen LogP contribution in [-0.4, -0.2) is 11.1 Å². The Bertz CT molecular complexity index is 390. The normalized spacial score (nSPS) is 15.8. The van der Waals surface area contributed by atoms with Gasteiger partial charge in [-0.05, 0) is 37.5 Å². The molecule has 1 aromatic carbocycles. The Balaban J connectivity index is 2.23. The zero-order chi connectivity index (χ0) is 10.8. The van der Waals surface area contributed by atoms with Gasteiger partial charge >= 0.3 is 0 Å². The number of nitrogens with two attached hydrogens (primary N) is 1. The first-order valence-electron chi connectivity index (χ1n) is 4.93. The number of benzene rings is 1. The van der Waals surface area contributed by atoms with Crippen molar-refractivity contribution >= 4 is 28.8 Å². The van der Waals surface area contributed by atoms with Crippen LogP contribution in [0.25, 0.3) is 0 Å². The van der Waals surface area contributed by atoms with Gasteiger partial charge in [-0.25, -0.2) is 0 Å². The molecule has 0 spiro atoms. The molecule has 80 valence electrons. The fraction of sp³-hybridized carbons (Fsp3) is 0.364. The zero-order valence-electron chi connectivity index (χ0n) is 8.20. The minimum atomic E-state index is 0.319. The molecule has 0 saturated heterocycles. The van der Waals surface area contributed by atoms with E-state index >= 15 is 0 Å². The van der Waals surface area contributed by atoms with E-state index in [-0.39, 0.29) is 0 Å². The van der Waals surface area contributed by atoms with Gasteiger partial charge in [0.05, 0.1) is 11.7 Å². The third-order valence-corrected chi connectivity index (χ3v) is 3.01. The predicted octanol–water partition coefficient (Wildman–Crippen LogP) is 2.91. The maximum Gasteiger partial charge on any atom is 0.129 e. The number of hydrogen-bond acceptors (Lipinski definition) is 2. The van der Waals surface area contributed by atoms with Gasteiger partial charge in [0.1, 0.15) is 10.7 Å². The van der Waals surface area contributed by atoms with Gasteiger partial charge < -0.3 is 10.5 Å². The Morgan fingerprint density at radius 2 is 2.20 bits per heavy atom. The summed E-state index contributed by atoms with van der Waals surface area (Å²) in [7, 11) is 0. The van der Waals surface area contributed by atoms with E-state index in [9.17, 15) is 0 Å². The molecule has 0 atom stereocenters. The summed E-state index contributed by atoms with van der Waals surface area (Å²) in [5, 5.41) is 0.624. The fourth-order valence-corrected chi connectivity index (χ4v) is 1.80. The minimum absolute atomic E-state index is 0.319. The van der Waals surface area contributed by atoms with Gasteiger partial charge in [0.2, 0.25) is 0 Å². The summed E-state index contributed by atoms with van der Waals surface area (Å²) in [6.45, 7) is 0. The third-order valence-electron chi connectivity index (χ3n) is 2.55. The summed E-state index contributed by atoms with van der Waals surface area (Å²) in [4.78, 5) is 0.326. The van der Waals surface area contributed by atoms with E-state index in [0.29, 0.717) is 16.1 Å². The highest BCUT2D eigenvalue weighted by atomic mass is 35.5. The summed E-state index contributed by atoms with van der Waals surface area (Å²) in [5.74, 6) is 0.747. The molecule has 2 N–H and O–H groups in total. The molecule has 15 heavy (non-hydrogen) atoms. The van der Waals surface area contributed by atoms with Crippen LogP contribution in [0.2, 0.25) is 5.02 Å². The summed E-state index contributed by atoms with van der Waals surface area (Å²) >= 11 is 10.8. The lowest BCUT2D eigenvalue weighted by Gasteiger charge is -2.27. The van der Waals surface area contributed by atoms with E-state index < -0.39 is 0 Å². The van der Waals surface area contributed by atoms with Gasteiger partial charge in [0.25, 0.3) is 0 Å². The predicted molar refractivity (Wildman–Crippen MR) is 65.6 cm³/mol. The summed E-state index contributed by atoms with van der Waals surface area (Å²) in [6.07, 6.45) is 3.78. The monoisotopic (exact) mass is 241 g/mol. The van der Waals surface area contributed by atoms with Crippen LogP contribution in [0.5, 0.6) is 5.75 Å². The Hall–Kier alpha value is -0.800. The fourth-order valence-electron chi connectivity index (χ4n) is 1.47. The molecule has 4 heteroatoms. The van der Waals surface area contributed by atoms with Crippen LogP contribution in [0, 0.1) is 0 Å². The van der Waals surface area contributed by atoms with Crippen LogP contribution >= 0.6 is 23.8 Å². The van der Waals surface area contributed by atoms with Gasteiger partial charge in [0.15, 0.2) is 0 Å². The molecule has 0 radical (unpaired) electrons. The second-order valence-electron chi connectivity index (χ2n) is 3.68. The number of ether oxygens (including phenoxy) is 1. The third kappa shape index (κ3) is 2.41. The van der Waals surface area contributed by atoms with Gasteiger partial charge in [-0.2, -0.15) is 0 Å². The molecule has 2 rings (SSSR count). The molecule has 1 aromatic rings. The molecule has 1 aliphatic carbocycles. The first-order valence-corrected chi connectivity index (χ1v) is 5.71. The molecule has 0 unspecified atom stereocenters. The number of thiocarbonyl (C=S) groups is 1. The summed E-state index contributed by atoms with van der Waals surface area (Å²) in [5.41, 5.74) is 6.34. The molecule has 2 nitrogen and oxygen atoms in total. The first kappa shape index (κ1) is 10.7. The van der Waals surface area contributed by atoms with Crippen LogP contribution in [0.4, 0.5) is 0 Å². The zero-order valence-corrected chi connectivity index (χ0v) is 9.77. The Labute approximate surface area is 99.4 Å². The van der Waals surface area contributed by atoms with Crippen molar-refractivity contribution in [1.29, 1.82) is 0 Å². The number of halogens is 1. The SMILES string of the molecule is NC(=S)c1cc(Cl)ccc1OC1CCC1. The van der Waals surface area contributed by atoms with E-state index in [1.54, 1.807) is 12.1 Å². The summed E-state index contributed by atoms with van der Waals surface area (Å²) in [6, 6.07) is 5.37. The lowest BCUT2D eigenvalue weighted by molar-refractivity contribution is 0.120. The van der Waals surface area contributed by atoms with Gasteiger partial charge in [0, 0.05) is 5.02 Å². The minimum Gasteiger partial charge on any atom is -0.490 e. The van der Waals surface area contributed by atoms with Crippen molar-refractivity contribution in [3.8, 4) is 5.75 Å². The quantitative estimate of drug-likeness (QED) is 0.827. The molecule has 0 heterocycles. The van der Waals surface area contributed by atoms with Crippen molar-refractivity contribution in [2.45, 2.75) is 25.4 Å². The van der Waals surface area contributed by atoms with Crippen LogP contribution in [0.15, 0.2) is 18.2 Å². The lowest BCUT2D eigenvalue weighted by Crippen LogP contribution is -2.26. The molecule has 1 aliphatic rings. The second kappa shape index (κ2) is 4.37. The van der Waals surface area contributed by atoms with E-state index in [1.165, 1.54) is 6.42 Å². The van der Waals surface area contributed by atoms with Gasteiger partial charge in [-0.15, -0.1) is 0 Å². The molecule has 0 bridgehead atoms. The Morgan fingerprint density at radius 3 is 2.73 bits per heavy atom. The average Bonchev–Trinajstić information content (AvgIpc) is 2.12. The van der Waals surface area contributed by atoms with E-state index in [4.69, 9.17) is 34.3 Å². The van der Waals surface area contributed by atoms with Gasteiger partial charge in [-0.3, -0.25) is 0 Å². The Kier molecular flexibility index (Phi) is 3.12. The smallest absolute Gasteiger partial charge is 0.129 e. The van der Waals surface area contributed by atoms with Crippen LogP contribution in [-0.2, 0) is 0 Å². The van der Waals surface area contributed by atoms with Crippen molar-refractivity contribution in [1.82, 2.24) is 0 Å². The standard InChI is InChI=1S/C11H12ClNOS/c12-7-4-5-10(9(6-7)11(13)15)14-8-2-1-3-8/h4-6,8H,1-3H2,(H2,13,15). The highest BCUT2D eigenvalue weighted by Crippen LogP contribution is 2.29. The largest absolute Gasteiger partial charge is 0.490 e.